The first-order valence-corrected chi connectivity index (χ1v) is 15.7. The minimum absolute atomic E-state index is 0.0565. The Hall–Kier alpha value is -3.40. The van der Waals surface area contributed by atoms with Gasteiger partial charge in [-0.1, -0.05) is 31.9 Å². The highest BCUT2D eigenvalue weighted by Gasteiger charge is 2.51. The van der Waals surface area contributed by atoms with Crippen molar-refractivity contribution in [3.8, 4) is 33.8 Å². The Labute approximate surface area is 285 Å². The van der Waals surface area contributed by atoms with Gasteiger partial charge in [0.2, 0.25) is 0 Å². The summed E-state index contributed by atoms with van der Waals surface area (Å²) in [5.74, 6) is -1.37. The topological polar surface area (TPSA) is 40.5 Å². The van der Waals surface area contributed by atoms with Crippen molar-refractivity contribution in [3.05, 3.63) is 102 Å². The van der Waals surface area contributed by atoms with Gasteiger partial charge in [0.1, 0.15) is 11.5 Å². The lowest BCUT2D eigenvalue weighted by Gasteiger charge is -2.30. The fourth-order valence-corrected chi connectivity index (χ4v) is 8.22. The number of hydrogen-bond donors (Lipinski definition) is 2. The fraction of sp³-hybridized carbons (Fsp3) is 0.273. The molecule has 0 atom stereocenters. The molecule has 0 fully saturated rings. The van der Waals surface area contributed by atoms with Gasteiger partial charge in [-0.2, -0.15) is 52.7 Å². The first kappa shape index (κ1) is 35.4. The average Bonchev–Trinajstić information content (AvgIpc) is 3.57. The van der Waals surface area contributed by atoms with Gasteiger partial charge in [0, 0.05) is 36.6 Å². The average molecular weight is 834 g/mol. The molecule has 0 aliphatic heterocycles. The van der Waals surface area contributed by atoms with Crippen LogP contribution in [-0.2, 0) is 43.0 Å². The van der Waals surface area contributed by atoms with Gasteiger partial charge < -0.3 is 10.2 Å². The molecule has 0 heterocycles. The van der Waals surface area contributed by atoms with Crippen LogP contribution >= 0.6 is 31.9 Å². The molecule has 1 spiro atoms. The van der Waals surface area contributed by atoms with Crippen molar-refractivity contribution < 1.29 is 62.9 Å². The summed E-state index contributed by atoms with van der Waals surface area (Å²) in [6.45, 7) is 0. The van der Waals surface area contributed by atoms with Crippen molar-refractivity contribution in [3.63, 3.8) is 0 Å². The highest BCUT2D eigenvalue weighted by molar-refractivity contribution is 9.10. The largest absolute Gasteiger partial charge is 0.507 e. The minimum atomic E-state index is -5.19. The molecular weight excluding hydrogens is 816 g/mol. The third kappa shape index (κ3) is 5.95. The van der Waals surface area contributed by atoms with Gasteiger partial charge in [-0.3, -0.25) is 0 Å². The molecule has 0 amide bonds. The molecule has 260 valence electrons. The molecule has 0 bridgehead atoms. The Morgan fingerprint density at radius 1 is 0.469 bits per heavy atom. The third-order valence-electron chi connectivity index (χ3n) is 9.06. The van der Waals surface area contributed by atoms with Crippen LogP contribution < -0.4 is 0 Å². The van der Waals surface area contributed by atoms with Crippen molar-refractivity contribution in [2.24, 2.45) is 0 Å². The first-order chi connectivity index (χ1) is 22.4. The lowest BCUT2D eigenvalue weighted by molar-refractivity contribution is -0.144. The maximum Gasteiger partial charge on any atom is 0.416 e. The van der Waals surface area contributed by atoms with Crippen molar-refractivity contribution in [2.45, 2.75) is 55.8 Å². The highest BCUT2D eigenvalue weighted by atomic mass is 79.9. The van der Waals surface area contributed by atoms with Crippen LogP contribution in [0.1, 0.15) is 57.3 Å². The lowest BCUT2D eigenvalue weighted by atomic mass is 9.74. The van der Waals surface area contributed by atoms with Crippen LogP contribution in [0, 0.1) is 0 Å². The maximum absolute atomic E-state index is 13.7. The quantitative estimate of drug-likeness (QED) is 0.198. The van der Waals surface area contributed by atoms with Gasteiger partial charge in [0.25, 0.3) is 0 Å². The summed E-state index contributed by atoms with van der Waals surface area (Å²) < 4.78 is 165. The number of halogens is 14. The molecular formula is C33H18Br2F12O2. The van der Waals surface area contributed by atoms with Crippen LogP contribution in [0.15, 0.2) is 57.5 Å². The second-order valence-electron chi connectivity index (χ2n) is 11.9. The molecule has 0 saturated carbocycles. The minimum Gasteiger partial charge on any atom is -0.507 e. The standard InChI is InChI=1S/C33H18Br2F12O2/c34-23-11-21(13-5-15(30(36,37)38)9-16(6-13)31(39,40)41)27(48)25-19(23)1-3-29(25)4-2-20-24(35)12-22(28(49)26(20)29)14-7-17(32(42,43)44)10-18(8-14)33(45,46)47/h5-12,48-49H,1-4H2. The number of fused-ring (bicyclic) bond motifs is 4. The highest BCUT2D eigenvalue weighted by Crippen LogP contribution is 2.62. The van der Waals surface area contributed by atoms with Gasteiger partial charge in [-0.05, 0) is 96.5 Å². The monoisotopic (exact) mass is 832 g/mol. The van der Waals surface area contributed by atoms with E-state index in [9.17, 15) is 62.9 Å². The van der Waals surface area contributed by atoms with Crippen molar-refractivity contribution in [1.29, 1.82) is 0 Å². The van der Waals surface area contributed by atoms with Crippen LogP contribution in [0.4, 0.5) is 52.7 Å². The molecule has 2 aliphatic carbocycles. The fourth-order valence-electron chi connectivity index (χ4n) is 6.97. The Morgan fingerprint density at radius 2 is 0.755 bits per heavy atom. The number of hydrogen-bond acceptors (Lipinski definition) is 2. The number of benzene rings is 4. The number of aromatic hydroxyl groups is 2. The zero-order valence-electron chi connectivity index (χ0n) is 24.1. The van der Waals surface area contributed by atoms with Crippen molar-refractivity contribution in [1.82, 2.24) is 0 Å². The molecule has 0 saturated heterocycles. The SMILES string of the molecule is Oc1c(-c2cc(C(F)(F)F)cc(C(F)(F)F)c2)cc(Br)c2c1C1(CC2)CCc2c(Br)cc(-c3cc(C(F)(F)F)cc(C(F)(F)F)c3)c(O)c21. The third-order valence-corrected chi connectivity index (χ3v) is 10.5. The molecule has 6 rings (SSSR count). The number of phenolic OH excluding ortho intramolecular Hbond substituents is 2. The second kappa shape index (κ2) is 11.3. The molecule has 16 heteroatoms. The van der Waals surface area contributed by atoms with Crippen LogP contribution in [0.25, 0.3) is 22.3 Å². The number of rotatable bonds is 2. The normalized spacial score (nSPS) is 16.0. The lowest BCUT2D eigenvalue weighted by Crippen LogP contribution is -2.22. The number of alkyl halides is 12. The summed E-state index contributed by atoms with van der Waals surface area (Å²) in [5.41, 5.74) is -8.98. The molecule has 0 unspecified atom stereocenters. The van der Waals surface area contributed by atoms with Crippen LogP contribution in [0.5, 0.6) is 11.5 Å². The van der Waals surface area contributed by atoms with Gasteiger partial charge in [0.15, 0.2) is 0 Å². The van der Waals surface area contributed by atoms with E-state index in [0.717, 1.165) is 0 Å². The predicted molar refractivity (Wildman–Crippen MR) is 160 cm³/mol. The Balaban J connectivity index is 1.61. The summed E-state index contributed by atoms with van der Waals surface area (Å²) in [5, 5.41) is 23.4. The summed E-state index contributed by atoms with van der Waals surface area (Å²) >= 11 is 6.63. The Kier molecular flexibility index (Phi) is 8.17. The smallest absolute Gasteiger partial charge is 0.416 e. The molecule has 0 radical (unpaired) electrons. The van der Waals surface area contributed by atoms with E-state index in [1.165, 1.54) is 12.1 Å². The first-order valence-electron chi connectivity index (χ1n) is 14.1. The van der Waals surface area contributed by atoms with Crippen LogP contribution in [-0.4, -0.2) is 10.2 Å². The molecule has 2 nitrogen and oxygen atoms in total. The van der Waals surface area contributed by atoms with E-state index in [4.69, 9.17) is 0 Å². The van der Waals surface area contributed by atoms with Crippen molar-refractivity contribution in [2.75, 3.05) is 0 Å². The van der Waals surface area contributed by atoms with Gasteiger partial charge in [-0.15, -0.1) is 0 Å². The Bertz CT molecular complexity index is 1820. The maximum atomic E-state index is 13.7. The van der Waals surface area contributed by atoms with E-state index in [0.29, 0.717) is 35.4 Å². The van der Waals surface area contributed by atoms with E-state index < -0.39 is 86.1 Å². The second-order valence-corrected chi connectivity index (χ2v) is 13.6. The predicted octanol–water partition coefficient (Wildman–Crippen LogP) is 12.2. The zero-order valence-corrected chi connectivity index (χ0v) is 27.3. The molecule has 2 aliphatic rings. The zero-order chi connectivity index (χ0) is 36.2. The molecule has 4 aromatic carbocycles. The molecule has 2 N–H and O–H groups in total. The van der Waals surface area contributed by atoms with Gasteiger partial charge in [-0.25, -0.2) is 0 Å². The van der Waals surface area contributed by atoms with Gasteiger partial charge in [0.05, 0.1) is 22.3 Å². The molecule has 4 aromatic rings. The summed E-state index contributed by atoms with van der Waals surface area (Å²) in [6, 6.07) is 4.02. The van der Waals surface area contributed by atoms with E-state index in [1.54, 1.807) is 0 Å². The summed E-state index contributed by atoms with van der Waals surface area (Å²) in [7, 11) is 0. The number of phenols is 2. The van der Waals surface area contributed by atoms with E-state index in [1.807, 2.05) is 0 Å². The molecule has 49 heavy (non-hydrogen) atoms. The van der Waals surface area contributed by atoms with E-state index in [-0.39, 0.29) is 57.9 Å². The summed E-state index contributed by atoms with van der Waals surface area (Å²) in [6.07, 6.45) is -20.1. The van der Waals surface area contributed by atoms with Crippen LogP contribution in [0.2, 0.25) is 0 Å². The van der Waals surface area contributed by atoms with E-state index >= 15 is 0 Å². The van der Waals surface area contributed by atoms with E-state index in [2.05, 4.69) is 31.9 Å². The summed E-state index contributed by atoms with van der Waals surface area (Å²) in [4.78, 5) is 0. The Morgan fingerprint density at radius 3 is 1.02 bits per heavy atom. The van der Waals surface area contributed by atoms with Crippen molar-refractivity contribution >= 4 is 31.9 Å². The van der Waals surface area contributed by atoms with Gasteiger partial charge >= 0.3 is 24.7 Å². The van der Waals surface area contributed by atoms with Crippen LogP contribution in [0.3, 0.4) is 0 Å². The molecule has 0 aromatic heterocycles.